The van der Waals surface area contributed by atoms with Gasteiger partial charge in [0, 0.05) is 12.5 Å². The molecule has 0 saturated heterocycles. The Kier molecular flexibility index (Phi) is 4.73. The van der Waals surface area contributed by atoms with Crippen LogP contribution in [0, 0.1) is 0 Å². The van der Waals surface area contributed by atoms with Gasteiger partial charge in [-0.3, -0.25) is 0 Å². The molecule has 4 heteroatoms. The van der Waals surface area contributed by atoms with E-state index < -0.39 is 0 Å². The summed E-state index contributed by atoms with van der Waals surface area (Å²) in [6.07, 6.45) is 3.11. The zero-order valence-corrected chi connectivity index (χ0v) is 9.60. The first-order valence-electron chi connectivity index (χ1n) is 5.02. The van der Waals surface area contributed by atoms with Crippen LogP contribution in [0.15, 0.2) is 11.1 Å². The number of hydrogen-bond acceptors (Lipinski definition) is 4. The average molecular weight is 211 g/mol. The monoisotopic (exact) mass is 211 g/mol. The van der Waals surface area contributed by atoms with Gasteiger partial charge in [-0.05, 0) is 18.6 Å². The van der Waals surface area contributed by atoms with Crippen molar-refractivity contribution in [2.75, 3.05) is 11.5 Å². The lowest BCUT2D eigenvalue weighted by Crippen LogP contribution is -2.00. The molecule has 1 aromatic rings. The average Bonchev–Trinajstić information content (AvgIpc) is 2.14. The Hall–Kier alpha value is -0.770. The zero-order chi connectivity index (χ0) is 10.4. The first-order valence-corrected chi connectivity index (χ1v) is 6.01. The first-order chi connectivity index (χ1) is 6.76. The Balaban J connectivity index is 2.73. The van der Waals surface area contributed by atoms with Crippen LogP contribution < -0.4 is 5.73 Å². The van der Waals surface area contributed by atoms with Crippen LogP contribution in [0.1, 0.15) is 32.5 Å². The van der Waals surface area contributed by atoms with E-state index in [2.05, 4.69) is 23.8 Å². The van der Waals surface area contributed by atoms with Crippen LogP contribution in [-0.4, -0.2) is 15.7 Å². The Bertz CT molecular complexity index is 289. The normalized spacial score (nSPS) is 10.4. The third-order valence-corrected chi connectivity index (χ3v) is 2.81. The second-order valence-electron chi connectivity index (χ2n) is 3.15. The Morgan fingerprint density at radius 3 is 2.71 bits per heavy atom. The van der Waals surface area contributed by atoms with Crippen molar-refractivity contribution in [3.8, 4) is 0 Å². The third-order valence-electron chi connectivity index (χ3n) is 1.70. The largest absolute Gasteiger partial charge is 0.384 e. The summed E-state index contributed by atoms with van der Waals surface area (Å²) in [7, 11) is 0. The van der Waals surface area contributed by atoms with Crippen LogP contribution in [0.4, 0.5) is 5.82 Å². The number of rotatable bonds is 5. The molecule has 0 amide bonds. The number of anilines is 1. The number of thioether (sulfide) groups is 1. The molecular weight excluding hydrogens is 194 g/mol. The molecule has 1 rings (SSSR count). The number of nitrogens with two attached hydrogens (primary N) is 1. The van der Waals surface area contributed by atoms with Gasteiger partial charge in [-0.2, -0.15) is 0 Å². The Morgan fingerprint density at radius 1 is 1.29 bits per heavy atom. The molecule has 0 fully saturated rings. The summed E-state index contributed by atoms with van der Waals surface area (Å²) in [6, 6.07) is 1.85. The summed E-state index contributed by atoms with van der Waals surface area (Å²) >= 11 is 1.74. The predicted octanol–water partition coefficient (Wildman–Crippen LogP) is 2.51. The quantitative estimate of drug-likeness (QED) is 0.600. The fraction of sp³-hybridized carbons (Fsp3) is 0.600. The van der Waals surface area contributed by atoms with Crippen molar-refractivity contribution in [1.29, 1.82) is 0 Å². The van der Waals surface area contributed by atoms with E-state index in [9.17, 15) is 0 Å². The van der Waals surface area contributed by atoms with Crippen LogP contribution in [0.25, 0.3) is 0 Å². The van der Waals surface area contributed by atoms with Gasteiger partial charge in [-0.1, -0.05) is 13.8 Å². The van der Waals surface area contributed by atoms with Crippen molar-refractivity contribution in [1.82, 2.24) is 9.97 Å². The molecule has 0 radical (unpaired) electrons. The molecule has 0 bridgehead atoms. The molecule has 0 unspecified atom stereocenters. The maximum absolute atomic E-state index is 5.70. The summed E-state index contributed by atoms with van der Waals surface area (Å²) in [5, 5.41) is 1.00. The molecule has 1 aromatic heterocycles. The molecule has 0 aliphatic rings. The molecule has 0 spiro atoms. The molecule has 14 heavy (non-hydrogen) atoms. The third kappa shape index (κ3) is 3.54. The van der Waals surface area contributed by atoms with Crippen molar-refractivity contribution in [3.05, 3.63) is 11.9 Å². The van der Waals surface area contributed by atoms with Gasteiger partial charge in [0.2, 0.25) is 0 Å². The highest BCUT2D eigenvalue weighted by molar-refractivity contribution is 7.99. The van der Waals surface area contributed by atoms with Gasteiger partial charge in [-0.25, -0.2) is 9.97 Å². The van der Waals surface area contributed by atoms with Crippen molar-refractivity contribution >= 4 is 17.6 Å². The Morgan fingerprint density at radius 2 is 2.07 bits per heavy atom. The van der Waals surface area contributed by atoms with E-state index in [1.807, 2.05) is 6.07 Å². The molecule has 0 atom stereocenters. The minimum Gasteiger partial charge on any atom is -0.384 e. The molecule has 1 heterocycles. The number of nitrogens with zero attached hydrogens (tertiary/aromatic N) is 2. The van der Waals surface area contributed by atoms with Crippen LogP contribution in [0.3, 0.4) is 0 Å². The topological polar surface area (TPSA) is 51.8 Å². The predicted molar refractivity (Wildman–Crippen MR) is 61.5 cm³/mol. The molecular formula is C10H17N3S. The maximum Gasteiger partial charge on any atom is 0.132 e. The summed E-state index contributed by atoms with van der Waals surface area (Å²) < 4.78 is 0. The molecule has 0 aliphatic carbocycles. The van der Waals surface area contributed by atoms with E-state index >= 15 is 0 Å². The number of hydrogen-bond donors (Lipinski definition) is 1. The second kappa shape index (κ2) is 5.86. The van der Waals surface area contributed by atoms with Crippen molar-refractivity contribution in [2.45, 2.75) is 38.1 Å². The highest BCUT2D eigenvalue weighted by Crippen LogP contribution is 2.18. The van der Waals surface area contributed by atoms with Gasteiger partial charge in [0.25, 0.3) is 0 Å². The summed E-state index contributed by atoms with van der Waals surface area (Å²) in [5.74, 6) is 2.54. The number of nitrogen functional groups attached to an aromatic ring is 1. The maximum atomic E-state index is 5.70. The fourth-order valence-corrected chi connectivity index (χ4v) is 1.90. The lowest BCUT2D eigenvalue weighted by Gasteiger charge is -2.03. The SMILES string of the molecule is CCCSc1cc(N)nc(CCC)n1. The van der Waals surface area contributed by atoms with Gasteiger partial charge in [-0.15, -0.1) is 11.8 Å². The standard InChI is InChI=1S/C10H17N3S/c1-3-5-9-12-8(11)7-10(13-9)14-6-4-2/h7H,3-6H2,1-2H3,(H2,11,12,13). The highest BCUT2D eigenvalue weighted by atomic mass is 32.2. The van der Waals surface area contributed by atoms with Gasteiger partial charge in [0.05, 0.1) is 0 Å². The van der Waals surface area contributed by atoms with Gasteiger partial charge >= 0.3 is 0 Å². The van der Waals surface area contributed by atoms with Crippen molar-refractivity contribution in [3.63, 3.8) is 0 Å². The van der Waals surface area contributed by atoms with Crippen LogP contribution in [0.2, 0.25) is 0 Å². The van der Waals surface area contributed by atoms with E-state index in [4.69, 9.17) is 5.73 Å². The minimum absolute atomic E-state index is 0.585. The Labute approximate surface area is 89.5 Å². The van der Waals surface area contributed by atoms with E-state index in [0.717, 1.165) is 35.9 Å². The highest BCUT2D eigenvalue weighted by Gasteiger charge is 2.01. The van der Waals surface area contributed by atoms with Crippen LogP contribution in [-0.2, 0) is 6.42 Å². The smallest absolute Gasteiger partial charge is 0.132 e. The molecule has 0 saturated carbocycles. The first kappa shape index (κ1) is 11.3. The van der Waals surface area contributed by atoms with Crippen molar-refractivity contribution < 1.29 is 0 Å². The van der Waals surface area contributed by atoms with Gasteiger partial charge in [0.15, 0.2) is 0 Å². The molecule has 3 nitrogen and oxygen atoms in total. The summed E-state index contributed by atoms with van der Waals surface area (Å²) in [4.78, 5) is 8.62. The zero-order valence-electron chi connectivity index (χ0n) is 8.79. The lowest BCUT2D eigenvalue weighted by molar-refractivity contribution is 0.813. The van der Waals surface area contributed by atoms with Gasteiger partial charge in [0.1, 0.15) is 16.7 Å². The van der Waals surface area contributed by atoms with E-state index in [1.54, 1.807) is 11.8 Å². The molecule has 78 valence electrons. The molecule has 2 N–H and O–H groups in total. The minimum atomic E-state index is 0.585. The summed E-state index contributed by atoms with van der Waals surface area (Å²) in [5.41, 5.74) is 5.70. The van der Waals surface area contributed by atoms with Crippen molar-refractivity contribution in [2.24, 2.45) is 0 Å². The lowest BCUT2D eigenvalue weighted by atomic mass is 10.3. The second-order valence-corrected chi connectivity index (χ2v) is 4.26. The molecule has 0 aliphatic heterocycles. The van der Waals surface area contributed by atoms with Crippen LogP contribution in [0.5, 0.6) is 0 Å². The number of aromatic nitrogens is 2. The van der Waals surface area contributed by atoms with E-state index in [-0.39, 0.29) is 0 Å². The molecule has 0 aromatic carbocycles. The summed E-state index contributed by atoms with van der Waals surface area (Å²) in [6.45, 7) is 4.27. The van der Waals surface area contributed by atoms with E-state index in [1.165, 1.54) is 0 Å². The number of aryl methyl sites for hydroxylation is 1. The fourth-order valence-electron chi connectivity index (χ4n) is 1.11. The van der Waals surface area contributed by atoms with Gasteiger partial charge < -0.3 is 5.73 Å². The van der Waals surface area contributed by atoms with E-state index in [0.29, 0.717) is 5.82 Å². The van der Waals surface area contributed by atoms with Crippen LogP contribution >= 0.6 is 11.8 Å².